The molecule has 1 fully saturated rings. The lowest BCUT2D eigenvalue weighted by atomic mass is 10.0. The van der Waals surface area contributed by atoms with Crippen molar-refractivity contribution < 1.29 is 27.6 Å². The smallest absolute Gasteiger partial charge is 0.239 e. The van der Waals surface area contributed by atoms with Crippen molar-refractivity contribution in [3.05, 3.63) is 58.9 Å². The van der Waals surface area contributed by atoms with E-state index in [0.717, 1.165) is 17.7 Å². The number of hydrogen-bond donors (Lipinski definition) is 2. The van der Waals surface area contributed by atoms with Crippen LogP contribution in [0, 0.1) is 23.4 Å². The fraction of sp³-hybridized carbons (Fsp3) is 0.286. The molecule has 2 aliphatic rings. The fourth-order valence-corrected chi connectivity index (χ4v) is 3.73. The Labute approximate surface area is 170 Å². The van der Waals surface area contributed by atoms with Crippen LogP contribution in [0.4, 0.5) is 24.5 Å². The van der Waals surface area contributed by atoms with Crippen LogP contribution >= 0.6 is 0 Å². The maximum atomic E-state index is 13.7. The topological polar surface area (TPSA) is 78.5 Å². The van der Waals surface area contributed by atoms with Gasteiger partial charge in [0.2, 0.25) is 17.7 Å². The highest BCUT2D eigenvalue weighted by atomic mass is 19.2. The van der Waals surface area contributed by atoms with E-state index in [1.807, 2.05) is 6.07 Å². The van der Waals surface area contributed by atoms with Gasteiger partial charge in [-0.1, -0.05) is 6.07 Å². The van der Waals surface area contributed by atoms with Crippen LogP contribution in [0.3, 0.4) is 0 Å². The summed E-state index contributed by atoms with van der Waals surface area (Å²) < 4.78 is 40.1. The van der Waals surface area contributed by atoms with Crippen molar-refractivity contribution in [3.8, 4) is 0 Å². The summed E-state index contributed by atoms with van der Waals surface area (Å²) >= 11 is 0. The first kappa shape index (κ1) is 19.9. The zero-order valence-electron chi connectivity index (χ0n) is 15.8. The lowest BCUT2D eigenvalue weighted by Gasteiger charge is -2.22. The zero-order valence-corrected chi connectivity index (χ0v) is 15.8. The monoisotopic (exact) mass is 417 g/mol. The summed E-state index contributed by atoms with van der Waals surface area (Å²) in [7, 11) is 0. The van der Waals surface area contributed by atoms with Crippen molar-refractivity contribution in [1.29, 1.82) is 0 Å². The van der Waals surface area contributed by atoms with E-state index < -0.39 is 35.2 Å². The maximum absolute atomic E-state index is 13.7. The van der Waals surface area contributed by atoms with Crippen molar-refractivity contribution in [3.63, 3.8) is 0 Å². The predicted octanol–water partition coefficient (Wildman–Crippen LogP) is 2.66. The Morgan fingerprint density at radius 3 is 2.70 bits per heavy atom. The third-order valence-electron chi connectivity index (χ3n) is 5.39. The van der Waals surface area contributed by atoms with Crippen LogP contribution in [0.15, 0.2) is 30.3 Å². The van der Waals surface area contributed by atoms with Crippen LogP contribution in [-0.2, 0) is 27.3 Å². The summed E-state index contributed by atoms with van der Waals surface area (Å²) in [6.07, 6.45) is 1.22. The van der Waals surface area contributed by atoms with E-state index in [1.165, 1.54) is 4.90 Å². The van der Waals surface area contributed by atoms with Gasteiger partial charge in [-0.2, -0.15) is 0 Å². The quantitative estimate of drug-likeness (QED) is 0.593. The van der Waals surface area contributed by atoms with Gasteiger partial charge in [0.1, 0.15) is 5.92 Å². The molecular formula is C21H18F3N3O3. The van der Waals surface area contributed by atoms with Gasteiger partial charge in [0.05, 0.1) is 0 Å². The third kappa shape index (κ3) is 3.62. The molecule has 0 aliphatic carbocycles. The second-order valence-electron chi connectivity index (χ2n) is 7.27. The lowest BCUT2D eigenvalue weighted by molar-refractivity contribution is -0.132. The van der Waals surface area contributed by atoms with Gasteiger partial charge in [0.15, 0.2) is 17.5 Å². The Morgan fingerprint density at radius 2 is 1.90 bits per heavy atom. The molecule has 4 rings (SSSR count). The van der Waals surface area contributed by atoms with Gasteiger partial charge in [-0.05, 0) is 42.7 Å². The van der Waals surface area contributed by atoms with Crippen molar-refractivity contribution in [2.45, 2.75) is 25.8 Å². The average molecular weight is 417 g/mol. The molecule has 0 bridgehead atoms. The summed E-state index contributed by atoms with van der Waals surface area (Å²) in [6.45, 7) is -0.0220. The van der Waals surface area contributed by atoms with E-state index in [4.69, 9.17) is 0 Å². The molecule has 1 atom stereocenters. The first-order valence-electron chi connectivity index (χ1n) is 9.49. The first-order valence-corrected chi connectivity index (χ1v) is 9.49. The van der Waals surface area contributed by atoms with E-state index in [-0.39, 0.29) is 24.4 Å². The highest BCUT2D eigenvalue weighted by molar-refractivity contribution is 6.09. The van der Waals surface area contributed by atoms with E-state index in [2.05, 4.69) is 10.6 Å². The molecule has 0 saturated carbocycles. The number of carbonyl (C=O) groups is 3. The van der Waals surface area contributed by atoms with Crippen LogP contribution in [0.1, 0.15) is 24.0 Å². The molecule has 2 heterocycles. The van der Waals surface area contributed by atoms with Gasteiger partial charge in [-0.3, -0.25) is 14.4 Å². The number of fused-ring (bicyclic) bond motifs is 1. The minimum Gasteiger partial charge on any atom is -0.351 e. The van der Waals surface area contributed by atoms with Crippen LogP contribution in [0.2, 0.25) is 0 Å². The normalized spacial score (nSPS) is 18.2. The molecule has 2 aromatic rings. The van der Waals surface area contributed by atoms with Crippen molar-refractivity contribution in [1.82, 2.24) is 5.32 Å². The van der Waals surface area contributed by atoms with Gasteiger partial charge in [0.25, 0.3) is 0 Å². The Morgan fingerprint density at radius 1 is 1.10 bits per heavy atom. The fourth-order valence-electron chi connectivity index (χ4n) is 3.73. The third-order valence-corrected chi connectivity index (χ3v) is 5.39. The van der Waals surface area contributed by atoms with Crippen LogP contribution in [0.5, 0.6) is 0 Å². The van der Waals surface area contributed by atoms with Crippen LogP contribution in [-0.4, -0.2) is 24.3 Å². The summed E-state index contributed by atoms with van der Waals surface area (Å²) in [6, 6.07) is 7.08. The number of aryl methyl sites for hydroxylation is 1. The SMILES string of the molecule is O=C1CCc2cc(N3CCC(C(=O)NCc4ccc(F)c(F)c4F)C3=O)ccc2N1. The van der Waals surface area contributed by atoms with E-state index in [9.17, 15) is 27.6 Å². The molecule has 2 N–H and O–H groups in total. The largest absolute Gasteiger partial charge is 0.351 e. The van der Waals surface area contributed by atoms with Crippen molar-refractivity contribution in [2.24, 2.45) is 5.92 Å². The number of halogens is 3. The number of nitrogens with one attached hydrogen (secondary N) is 2. The Balaban J connectivity index is 1.42. The molecule has 6 nitrogen and oxygen atoms in total. The number of anilines is 2. The highest BCUT2D eigenvalue weighted by Gasteiger charge is 2.37. The molecule has 1 unspecified atom stereocenters. The molecule has 2 aliphatic heterocycles. The van der Waals surface area contributed by atoms with Gasteiger partial charge >= 0.3 is 0 Å². The second-order valence-corrected chi connectivity index (χ2v) is 7.27. The van der Waals surface area contributed by atoms with E-state index in [1.54, 1.807) is 12.1 Å². The molecule has 3 amide bonds. The molecule has 30 heavy (non-hydrogen) atoms. The zero-order chi connectivity index (χ0) is 21.4. The van der Waals surface area contributed by atoms with Gasteiger partial charge in [-0.25, -0.2) is 13.2 Å². The molecule has 9 heteroatoms. The average Bonchev–Trinajstić information content (AvgIpc) is 3.12. The molecule has 0 radical (unpaired) electrons. The summed E-state index contributed by atoms with van der Waals surface area (Å²) in [5, 5.41) is 5.20. The highest BCUT2D eigenvalue weighted by Crippen LogP contribution is 2.31. The number of amides is 3. The predicted molar refractivity (Wildman–Crippen MR) is 102 cm³/mol. The molecule has 0 spiro atoms. The minimum absolute atomic E-state index is 0.0540. The molecule has 0 aromatic heterocycles. The van der Waals surface area contributed by atoms with E-state index >= 15 is 0 Å². The summed E-state index contributed by atoms with van der Waals surface area (Å²) in [5.74, 6) is -6.27. The molecule has 2 aromatic carbocycles. The second kappa shape index (κ2) is 7.81. The van der Waals surface area contributed by atoms with Gasteiger partial charge in [0, 0.05) is 36.4 Å². The number of carbonyl (C=O) groups excluding carboxylic acids is 3. The van der Waals surface area contributed by atoms with Crippen molar-refractivity contribution >= 4 is 29.1 Å². The number of rotatable bonds is 4. The molecule has 1 saturated heterocycles. The Kier molecular flexibility index (Phi) is 5.19. The Bertz CT molecular complexity index is 1060. The van der Waals surface area contributed by atoms with E-state index in [0.29, 0.717) is 30.8 Å². The number of hydrogen-bond acceptors (Lipinski definition) is 3. The van der Waals surface area contributed by atoms with Crippen LogP contribution < -0.4 is 15.5 Å². The number of benzene rings is 2. The minimum atomic E-state index is -1.60. The number of nitrogens with zero attached hydrogens (tertiary/aromatic N) is 1. The first-order chi connectivity index (χ1) is 14.3. The van der Waals surface area contributed by atoms with Gasteiger partial charge < -0.3 is 15.5 Å². The van der Waals surface area contributed by atoms with Crippen LogP contribution in [0.25, 0.3) is 0 Å². The molecule has 156 valence electrons. The summed E-state index contributed by atoms with van der Waals surface area (Å²) in [5.41, 5.74) is 2.06. The molecular weight excluding hydrogens is 399 g/mol. The standard InChI is InChI=1S/C21H18F3N3O3/c22-15-4-1-12(18(23)19(15)24)10-25-20(29)14-7-8-27(21(14)30)13-3-5-16-11(9-13)2-6-17(28)26-16/h1,3-5,9,14H,2,6-8,10H2,(H,25,29)(H,26,28). The van der Waals surface area contributed by atoms with Crippen molar-refractivity contribution in [2.75, 3.05) is 16.8 Å². The van der Waals surface area contributed by atoms with Gasteiger partial charge in [-0.15, -0.1) is 0 Å². The Hall–Kier alpha value is -3.36. The maximum Gasteiger partial charge on any atom is 0.239 e. The lowest BCUT2D eigenvalue weighted by Crippen LogP contribution is -2.36. The summed E-state index contributed by atoms with van der Waals surface area (Å²) in [4.78, 5) is 38.2.